The second-order valence-electron chi connectivity index (χ2n) is 7.73. The maximum Gasteiger partial charge on any atom is 0.236 e. The molecule has 2 aromatic heterocycles. The van der Waals surface area contributed by atoms with Gasteiger partial charge in [-0.3, -0.25) is 9.78 Å². The third-order valence-electron chi connectivity index (χ3n) is 5.59. The van der Waals surface area contributed by atoms with Crippen LogP contribution in [0.25, 0.3) is 16.7 Å². The van der Waals surface area contributed by atoms with Crippen molar-refractivity contribution in [2.24, 2.45) is 5.73 Å². The number of nitrogens with zero attached hydrogens (tertiary/aromatic N) is 4. The average Bonchev–Trinajstić information content (AvgIpc) is 2.84. The number of aromatic nitrogens is 2. The van der Waals surface area contributed by atoms with Crippen LogP contribution in [-0.2, 0) is 11.3 Å². The van der Waals surface area contributed by atoms with Gasteiger partial charge in [-0.15, -0.1) is 0 Å². The summed E-state index contributed by atoms with van der Waals surface area (Å²) in [5.74, 6) is 0.911. The molecule has 0 aliphatic carbocycles. The van der Waals surface area contributed by atoms with E-state index in [1.165, 1.54) is 11.1 Å². The number of benzene rings is 1. The Kier molecular flexibility index (Phi) is 6.38. The second kappa shape index (κ2) is 9.53. The third-order valence-corrected chi connectivity index (χ3v) is 5.59. The summed E-state index contributed by atoms with van der Waals surface area (Å²) in [7, 11) is 1.77. The molecule has 2 N–H and O–H groups in total. The minimum absolute atomic E-state index is 0.0248. The molecule has 0 saturated carbocycles. The zero-order valence-electron chi connectivity index (χ0n) is 17.7. The first-order valence-electron chi connectivity index (χ1n) is 10.5. The SMILES string of the molecule is CN(Cc1cccc(-c2ccc(N3CC=C(c4cccnc4)CC3)nc2)c1)C(=O)CN. The van der Waals surface area contributed by atoms with Crippen LogP contribution in [-0.4, -0.2) is 47.5 Å². The van der Waals surface area contributed by atoms with Crippen LogP contribution in [0.2, 0.25) is 0 Å². The van der Waals surface area contributed by atoms with Gasteiger partial charge in [0, 0.05) is 50.8 Å². The number of carbonyl (C=O) groups excluding carboxylic acids is 1. The number of carbonyl (C=O) groups is 1. The molecular formula is C25H27N5O. The molecule has 1 aliphatic rings. The number of anilines is 1. The van der Waals surface area contributed by atoms with Gasteiger partial charge in [0.1, 0.15) is 5.82 Å². The smallest absolute Gasteiger partial charge is 0.236 e. The van der Waals surface area contributed by atoms with Crippen LogP contribution >= 0.6 is 0 Å². The lowest BCUT2D eigenvalue weighted by Crippen LogP contribution is -2.32. The molecule has 31 heavy (non-hydrogen) atoms. The Morgan fingerprint density at radius 1 is 1.10 bits per heavy atom. The molecule has 1 aliphatic heterocycles. The quantitative estimate of drug-likeness (QED) is 0.671. The van der Waals surface area contributed by atoms with E-state index in [1.807, 2.05) is 30.6 Å². The highest BCUT2D eigenvalue weighted by Crippen LogP contribution is 2.26. The van der Waals surface area contributed by atoms with E-state index in [0.717, 1.165) is 42.0 Å². The van der Waals surface area contributed by atoms with Gasteiger partial charge in [0.05, 0.1) is 6.54 Å². The van der Waals surface area contributed by atoms with Crippen molar-refractivity contribution in [3.05, 3.63) is 84.3 Å². The standard InChI is InChI=1S/C25H27N5O/c1-29(25(31)15-26)18-19-4-2-5-21(14-19)23-7-8-24(28-17-23)30-12-9-20(10-13-30)22-6-3-11-27-16-22/h2-9,11,14,16-17H,10,12-13,15,18,26H2,1H3. The van der Waals surface area contributed by atoms with Crippen LogP contribution < -0.4 is 10.6 Å². The molecule has 0 unspecified atom stereocenters. The second-order valence-corrected chi connectivity index (χ2v) is 7.73. The summed E-state index contributed by atoms with van der Waals surface area (Å²) < 4.78 is 0. The van der Waals surface area contributed by atoms with E-state index >= 15 is 0 Å². The van der Waals surface area contributed by atoms with Crippen LogP contribution in [0.4, 0.5) is 5.82 Å². The Labute approximate surface area is 183 Å². The first kappa shape index (κ1) is 20.8. The normalized spacial score (nSPS) is 13.6. The molecule has 0 fully saturated rings. The minimum atomic E-state index is -0.0707. The van der Waals surface area contributed by atoms with Gasteiger partial charge in [-0.2, -0.15) is 0 Å². The maximum absolute atomic E-state index is 11.7. The molecule has 158 valence electrons. The van der Waals surface area contributed by atoms with E-state index in [1.54, 1.807) is 18.1 Å². The number of pyridine rings is 2. The average molecular weight is 414 g/mol. The molecular weight excluding hydrogens is 386 g/mol. The van der Waals surface area contributed by atoms with E-state index in [-0.39, 0.29) is 12.5 Å². The molecule has 3 heterocycles. The molecule has 0 radical (unpaired) electrons. The Hall–Kier alpha value is -3.51. The van der Waals surface area contributed by atoms with E-state index in [2.05, 4.69) is 46.3 Å². The fraction of sp³-hybridized carbons (Fsp3) is 0.240. The zero-order valence-corrected chi connectivity index (χ0v) is 17.7. The first-order chi connectivity index (χ1) is 15.1. The van der Waals surface area contributed by atoms with Gasteiger partial charge in [-0.25, -0.2) is 4.98 Å². The summed E-state index contributed by atoms with van der Waals surface area (Å²) in [5.41, 5.74) is 11.2. The van der Waals surface area contributed by atoms with Gasteiger partial charge in [0.2, 0.25) is 5.91 Å². The highest BCUT2D eigenvalue weighted by atomic mass is 16.2. The molecule has 6 heteroatoms. The molecule has 0 atom stereocenters. The highest BCUT2D eigenvalue weighted by molar-refractivity contribution is 5.77. The van der Waals surface area contributed by atoms with Gasteiger partial charge in [-0.05, 0) is 52.9 Å². The number of amides is 1. The van der Waals surface area contributed by atoms with Crippen molar-refractivity contribution >= 4 is 17.3 Å². The van der Waals surface area contributed by atoms with Crippen LogP contribution in [0.1, 0.15) is 17.5 Å². The molecule has 0 bridgehead atoms. The Morgan fingerprint density at radius 2 is 1.97 bits per heavy atom. The number of hydrogen-bond donors (Lipinski definition) is 1. The Morgan fingerprint density at radius 3 is 2.65 bits per heavy atom. The molecule has 6 nitrogen and oxygen atoms in total. The van der Waals surface area contributed by atoms with Crippen molar-refractivity contribution in [1.82, 2.24) is 14.9 Å². The summed E-state index contributed by atoms with van der Waals surface area (Å²) >= 11 is 0. The minimum Gasteiger partial charge on any atom is -0.353 e. The Bertz CT molecular complexity index is 1060. The van der Waals surface area contributed by atoms with E-state index in [4.69, 9.17) is 10.7 Å². The van der Waals surface area contributed by atoms with Crippen LogP contribution in [0, 0.1) is 0 Å². The van der Waals surface area contributed by atoms with E-state index in [9.17, 15) is 4.79 Å². The summed E-state index contributed by atoms with van der Waals surface area (Å²) in [6.07, 6.45) is 8.89. The van der Waals surface area contributed by atoms with Gasteiger partial charge in [-0.1, -0.05) is 30.3 Å². The highest BCUT2D eigenvalue weighted by Gasteiger charge is 2.15. The lowest BCUT2D eigenvalue weighted by atomic mass is 10.0. The van der Waals surface area contributed by atoms with E-state index in [0.29, 0.717) is 6.54 Å². The number of hydrogen-bond acceptors (Lipinski definition) is 5. The van der Waals surface area contributed by atoms with Crippen molar-refractivity contribution in [1.29, 1.82) is 0 Å². The molecule has 1 amide bonds. The van der Waals surface area contributed by atoms with Gasteiger partial charge >= 0.3 is 0 Å². The van der Waals surface area contributed by atoms with Crippen LogP contribution in [0.3, 0.4) is 0 Å². The number of likely N-dealkylation sites (N-methyl/N-ethyl adjacent to an activating group) is 1. The molecule has 1 aromatic carbocycles. The number of rotatable bonds is 6. The van der Waals surface area contributed by atoms with Gasteiger partial charge in [0.15, 0.2) is 0 Å². The molecule has 3 aromatic rings. The van der Waals surface area contributed by atoms with E-state index < -0.39 is 0 Å². The Balaban J connectivity index is 1.44. The molecule has 4 rings (SSSR count). The van der Waals surface area contributed by atoms with Crippen molar-refractivity contribution in [3.63, 3.8) is 0 Å². The summed E-state index contributed by atoms with van der Waals surface area (Å²) in [5, 5.41) is 0. The zero-order chi connectivity index (χ0) is 21.6. The van der Waals surface area contributed by atoms with Crippen molar-refractivity contribution in [3.8, 4) is 11.1 Å². The van der Waals surface area contributed by atoms with Gasteiger partial charge < -0.3 is 15.5 Å². The van der Waals surface area contributed by atoms with Crippen LogP contribution in [0.15, 0.2) is 73.2 Å². The van der Waals surface area contributed by atoms with Crippen molar-refractivity contribution in [2.75, 3.05) is 31.6 Å². The first-order valence-corrected chi connectivity index (χ1v) is 10.5. The topological polar surface area (TPSA) is 75.4 Å². The summed E-state index contributed by atoms with van der Waals surface area (Å²) in [6.45, 7) is 2.34. The molecule has 0 saturated heterocycles. The number of nitrogens with two attached hydrogens (primary N) is 1. The monoisotopic (exact) mass is 413 g/mol. The molecule has 0 spiro atoms. The predicted octanol–water partition coefficient (Wildman–Crippen LogP) is 3.35. The predicted molar refractivity (Wildman–Crippen MR) is 124 cm³/mol. The summed E-state index contributed by atoms with van der Waals surface area (Å²) in [6, 6.07) is 16.5. The largest absolute Gasteiger partial charge is 0.353 e. The van der Waals surface area contributed by atoms with Crippen molar-refractivity contribution < 1.29 is 4.79 Å². The lowest BCUT2D eigenvalue weighted by molar-refractivity contribution is -0.128. The third kappa shape index (κ3) is 4.98. The fourth-order valence-corrected chi connectivity index (χ4v) is 3.80. The maximum atomic E-state index is 11.7. The van der Waals surface area contributed by atoms with Crippen molar-refractivity contribution in [2.45, 2.75) is 13.0 Å². The fourth-order valence-electron chi connectivity index (χ4n) is 3.80. The summed E-state index contributed by atoms with van der Waals surface area (Å²) in [4.78, 5) is 24.6. The lowest BCUT2D eigenvalue weighted by Gasteiger charge is -2.27. The van der Waals surface area contributed by atoms with Crippen LogP contribution in [0.5, 0.6) is 0 Å². The van der Waals surface area contributed by atoms with Gasteiger partial charge in [0.25, 0.3) is 0 Å².